The van der Waals surface area contributed by atoms with E-state index >= 15 is 0 Å². The summed E-state index contributed by atoms with van der Waals surface area (Å²) in [6.07, 6.45) is 10.2. The zero-order valence-electron chi connectivity index (χ0n) is 16.0. The lowest BCUT2D eigenvalue weighted by atomic mass is 9.99. The van der Waals surface area contributed by atoms with E-state index in [1.807, 2.05) is 11.8 Å². The molecule has 0 saturated carbocycles. The molecule has 3 aromatic heterocycles. The number of aromatic nitrogens is 3. The topological polar surface area (TPSA) is 38.7 Å². The second kappa shape index (κ2) is 7.81. The van der Waals surface area contributed by atoms with Crippen LogP contribution in [0.3, 0.4) is 0 Å². The Morgan fingerprint density at radius 3 is 2.81 bits per heavy atom. The van der Waals surface area contributed by atoms with Crippen LogP contribution in [0, 0.1) is 5.92 Å². The van der Waals surface area contributed by atoms with Crippen LogP contribution < -0.4 is 0 Å². The van der Waals surface area contributed by atoms with Crippen LogP contribution in [0.25, 0.3) is 20.4 Å². The van der Waals surface area contributed by atoms with Crippen molar-refractivity contribution in [3.05, 3.63) is 23.1 Å². The molecule has 0 bridgehead atoms. The second-order valence-electron chi connectivity index (χ2n) is 7.66. The quantitative estimate of drug-likeness (QED) is 0.275. The van der Waals surface area contributed by atoms with Gasteiger partial charge in [0.1, 0.15) is 16.2 Å². The number of unbranched alkanes of at least 4 members (excludes halogenated alkanes) is 2. The third-order valence-electron chi connectivity index (χ3n) is 5.11. The van der Waals surface area contributed by atoms with Crippen LogP contribution in [0.5, 0.6) is 0 Å². The molecular weight excluding hydrogens is 358 g/mol. The van der Waals surface area contributed by atoms with Gasteiger partial charge in [0, 0.05) is 11.1 Å². The lowest BCUT2D eigenvalue weighted by Crippen LogP contribution is -2.03. The second-order valence-corrected chi connectivity index (χ2v) is 9.74. The van der Waals surface area contributed by atoms with Crippen LogP contribution in [0.15, 0.2) is 11.4 Å². The van der Waals surface area contributed by atoms with Crippen molar-refractivity contribution in [2.24, 2.45) is 5.92 Å². The zero-order valence-corrected chi connectivity index (χ0v) is 17.6. The molecule has 3 nitrogen and oxygen atoms in total. The van der Waals surface area contributed by atoms with Gasteiger partial charge in [-0.3, -0.25) is 0 Å². The predicted octanol–water partition coefficient (Wildman–Crippen LogP) is 6.21. The van der Waals surface area contributed by atoms with Crippen LogP contribution in [-0.2, 0) is 19.3 Å². The van der Waals surface area contributed by atoms with E-state index in [9.17, 15) is 0 Å². The summed E-state index contributed by atoms with van der Waals surface area (Å²) in [5.41, 5.74) is 5.51. The van der Waals surface area contributed by atoms with Gasteiger partial charge in [-0.25, -0.2) is 15.0 Å². The highest BCUT2D eigenvalue weighted by Gasteiger charge is 2.24. The van der Waals surface area contributed by atoms with Crippen molar-refractivity contribution in [2.75, 3.05) is 5.75 Å². The number of thioether (sulfide) groups is 1. The summed E-state index contributed by atoms with van der Waals surface area (Å²) in [6.45, 7) is 6.82. The Labute approximate surface area is 164 Å². The Bertz CT molecular complexity index is 930. The molecule has 3 heterocycles. The molecular formula is C21H27N3S2. The summed E-state index contributed by atoms with van der Waals surface area (Å²) < 4.78 is 1.24. The molecule has 0 radical (unpaired) electrons. The predicted molar refractivity (Wildman–Crippen MR) is 114 cm³/mol. The Morgan fingerprint density at radius 2 is 2.00 bits per heavy atom. The molecule has 0 unspecified atom stereocenters. The van der Waals surface area contributed by atoms with Crippen LogP contribution >= 0.6 is 23.1 Å². The third kappa shape index (κ3) is 3.36. The Hall–Kier alpha value is -1.20. The van der Waals surface area contributed by atoms with Gasteiger partial charge in [-0.1, -0.05) is 33.6 Å². The molecule has 0 amide bonds. The molecule has 138 valence electrons. The van der Waals surface area contributed by atoms with Crippen LogP contribution in [0.2, 0.25) is 0 Å². The van der Waals surface area contributed by atoms with E-state index in [1.165, 1.54) is 70.3 Å². The van der Waals surface area contributed by atoms with E-state index in [4.69, 9.17) is 4.98 Å². The minimum Gasteiger partial charge on any atom is -0.242 e. The third-order valence-corrected chi connectivity index (χ3v) is 7.40. The average Bonchev–Trinajstić information content (AvgIpc) is 3.22. The maximum Gasteiger partial charge on any atom is 0.126 e. The first-order valence-electron chi connectivity index (χ1n) is 9.89. The van der Waals surface area contributed by atoms with Crippen molar-refractivity contribution in [3.63, 3.8) is 0 Å². The first-order chi connectivity index (χ1) is 12.7. The summed E-state index contributed by atoms with van der Waals surface area (Å²) in [7, 11) is 0. The maximum atomic E-state index is 5.12. The molecule has 4 rings (SSSR count). The molecule has 3 aromatic rings. The number of hydrogen-bond acceptors (Lipinski definition) is 5. The van der Waals surface area contributed by atoms with Gasteiger partial charge in [0.15, 0.2) is 0 Å². The Morgan fingerprint density at radius 1 is 1.15 bits per heavy atom. The molecule has 0 spiro atoms. The summed E-state index contributed by atoms with van der Waals surface area (Å²) >= 11 is 3.69. The largest absolute Gasteiger partial charge is 0.242 e. The Kier molecular flexibility index (Phi) is 5.46. The molecule has 5 heteroatoms. The normalized spacial score (nSPS) is 14.0. The number of nitrogens with zero attached hydrogens (tertiary/aromatic N) is 3. The van der Waals surface area contributed by atoms with Gasteiger partial charge in [-0.15, -0.1) is 23.1 Å². The number of fused-ring (bicyclic) bond motifs is 5. The van der Waals surface area contributed by atoms with Crippen molar-refractivity contribution in [1.82, 2.24) is 15.0 Å². The smallest absolute Gasteiger partial charge is 0.126 e. The Balaban J connectivity index is 1.81. The van der Waals surface area contributed by atoms with Gasteiger partial charge in [0.2, 0.25) is 0 Å². The number of hydrogen-bond donors (Lipinski definition) is 0. The fourth-order valence-corrected chi connectivity index (χ4v) is 6.19. The average molecular weight is 386 g/mol. The minimum absolute atomic E-state index is 0.642. The summed E-state index contributed by atoms with van der Waals surface area (Å²) in [6, 6.07) is 0. The van der Waals surface area contributed by atoms with E-state index in [0.717, 1.165) is 22.7 Å². The SMILES string of the molecule is CCCCCSc1ncnc2c1sc1nc(CC(C)C)c3c(c12)CCC3. The van der Waals surface area contributed by atoms with E-state index in [1.54, 1.807) is 17.7 Å². The van der Waals surface area contributed by atoms with E-state index in [-0.39, 0.29) is 0 Å². The number of thiophene rings is 1. The van der Waals surface area contributed by atoms with Gasteiger partial charge in [-0.05, 0) is 54.9 Å². The highest BCUT2D eigenvalue weighted by atomic mass is 32.2. The van der Waals surface area contributed by atoms with E-state index in [0.29, 0.717) is 5.92 Å². The van der Waals surface area contributed by atoms with Crippen molar-refractivity contribution in [3.8, 4) is 0 Å². The van der Waals surface area contributed by atoms with Gasteiger partial charge < -0.3 is 0 Å². The molecule has 0 saturated heterocycles. The zero-order chi connectivity index (χ0) is 18.1. The molecule has 0 aromatic carbocycles. The van der Waals surface area contributed by atoms with Crippen molar-refractivity contribution < 1.29 is 0 Å². The molecule has 0 fully saturated rings. The van der Waals surface area contributed by atoms with Crippen LogP contribution in [0.1, 0.15) is 63.3 Å². The van der Waals surface area contributed by atoms with Crippen molar-refractivity contribution in [2.45, 2.75) is 70.7 Å². The molecule has 0 aliphatic heterocycles. The maximum absolute atomic E-state index is 5.12. The first kappa shape index (κ1) is 18.2. The molecule has 0 N–H and O–H groups in total. The van der Waals surface area contributed by atoms with Gasteiger partial charge in [0.25, 0.3) is 0 Å². The van der Waals surface area contributed by atoms with Crippen molar-refractivity contribution >= 4 is 43.5 Å². The van der Waals surface area contributed by atoms with Crippen molar-refractivity contribution in [1.29, 1.82) is 0 Å². The monoisotopic (exact) mass is 385 g/mol. The van der Waals surface area contributed by atoms with Crippen LogP contribution in [-0.4, -0.2) is 20.7 Å². The lowest BCUT2D eigenvalue weighted by Gasteiger charge is -2.11. The standard InChI is InChI=1S/C21H27N3S2/c1-4-5-6-10-25-21-19-18(22-12-23-21)17-15-9-7-8-14(15)16(11-13(2)3)24-20(17)26-19/h12-13H,4-11H2,1-3H3. The minimum atomic E-state index is 0.642. The van der Waals surface area contributed by atoms with Gasteiger partial charge in [0.05, 0.1) is 10.2 Å². The molecule has 26 heavy (non-hydrogen) atoms. The lowest BCUT2D eigenvalue weighted by molar-refractivity contribution is 0.632. The molecule has 0 atom stereocenters. The number of pyridine rings is 1. The highest BCUT2D eigenvalue weighted by Crippen LogP contribution is 2.42. The van der Waals surface area contributed by atoms with Gasteiger partial charge >= 0.3 is 0 Å². The first-order valence-corrected chi connectivity index (χ1v) is 11.7. The highest BCUT2D eigenvalue weighted by molar-refractivity contribution is 7.99. The summed E-state index contributed by atoms with van der Waals surface area (Å²) in [4.78, 5) is 15.6. The van der Waals surface area contributed by atoms with Gasteiger partial charge in [-0.2, -0.15) is 0 Å². The van der Waals surface area contributed by atoms with E-state index in [2.05, 4.69) is 30.7 Å². The van der Waals surface area contributed by atoms with E-state index < -0.39 is 0 Å². The number of rotatable bonds is 7. The van der Waals surface area contributed by atoms with Crippen LogP contribution in [0.4, 0.5) is 0 Å². The summed E-state index contributed by atoms with van der Waals surface area (Å²) in [5, 5.41) is 2.47. The molecule has 1 aliphatic carbocycles. The fourth-order valence-electron chi connectivity index (χ4n) is 3.93. The molecule has 1 aliphatic rings. The number of aryl methyl sites for hydroxylation is 1. The fraction of sp³-hybridized carbons (Fsp3) is 0.571. The summed E-state index contributed by atoms with van der Waals surface area (Å²) in [5.74, 6) is 1.78.